The molecule has 1 saturated heterocycles. The summed E-state index contributed by atoms with van der Waals surface area (Å²) < 4.78 is 2.21. The van der Waals surface area contributed by atoms with Crippen LogP contribution in [0.1, 0.15) is 26.0 Å². The summed E-state index contributed by atoms with van der Waals surface area (Å²) in [7, 11) is 0. The minimum atomic E-state index is 0.193. The van der Waals surface area contributed by atoms with Crippen molar-refractivity contribution in [3.63, 3.8) is 0 Å². The van der Waals surface area contributed by atoms with E-state index in [1.54, 1.807) is 0 Å². The molecule has 0 radical (unpaired) electrons. The fourth-order valence-electron chi connectivity index (χ4n) is 2.89. The fourth-order valence-corrected chi connectivity index (χ4v) is 3.90. The van der Waals surface area contributed by atoms with E-state index >= 15 is 0 Å². The van der Waals surface area contributed by atoms with Gasteiger partial charge in [0.1, 0.15) is 5.65 Å². The molecule has 114 valence electrons. The van der Waals surface area contributed by atoms with Crippen molar-refractivity contribution in [1.29, 1.82) is 0 Å². The molecule has 2 atom stereocenters. The smallest absolute Gasteiger partial charge is 0.151 e. The Balaban J connectivity index is 2.05. The van der Waals surface area contributed by atoms with Gasteiger partial charge < -0.3 is 15.0 Å². The van der Waals surface area contributed by atoms with E-state index in [1.165, 1.54) is 17.2 Å². The molecule has 2 unspecified atom stereocenters. The quantitative estimate of drug-likeness (QED) is 0.943. The molecule has 21 heavy (non-hydrogen) atoms. The minimum Gasteiger partial charge on any atom is -0.351 e. The van der Waals surface area contributed by atoms with E-state index in [0.717, 1.165) is 30.9 Å². The van der Waals surface area contributed by atoms with Gasteiger partial charge in [-0.3, -0.25) is 0 Å². The SMILES string of the molecule is CCC(N)Cc1c(N2CCSCC2C)nc2ccccn12. The highest BCUT2D eigenvalue weighted by Gasteiger charge is 2.25. The van der Waals surface area contributed by atoms with Crippen LogP contribution in [-0.4, -0.2) is 39.5 Å². The van der Waals surface area contributed by atoms with Crippen LogP contribution in [0.5, 0.6) is 0 Å². The van der Waals surface area contributed by atoms with E-state index in [0.29, 0.717) is 6.04 Å². The summed E-state index contributed by atoms with van der Waals surface area (Å²) >= 11 is 2.03. The zero-order valence-corrected chi connectivity index (χ0v) is 13.6. The van der Waals surface area contributed by atoms with Crippen molar-refractivity contribution in [3.8, 4) is 0 Å². The molecule has 5 heteroatoms. The number of nitrogens with two attached hydrogens (primary N) is 1. The molecule has 2 aromatic rings. The lowest BCUT2D eigenvalue weighted by molar-refractivity contribution is 0.625. The molecule has 0 aliphatic carbocycles. The van der Waals surface area contributed by atoms with E-state index < -0.39 is 0 Å². The number of nitrogens with zero attached hydrogens (tertiary/aromatic N) is 3. The number of thioether (sulfide) groups is 1. The number of rotatable bonds is 4. The van der Waals surface area contributed by atoms with E-state index in [4.69, 9.17) is 10.7 Å². The molecule has 2 N–H and O–H groups in total. The predicted molar refractivity (Wildman–Crippen MR) is 91.3 cm³/mol. The number of imidazole rings is 1. The van der Waals surface area contributed by atoms with Crippen molar-refractivity contribution in [2.45, 2.75) is 38.8 Å². The van der Waals surface area contributed by atoms with Crippen LogP contribution in [-0.2, 0) is 6.42 Å². The molecule has 0 amide bonds. The van der Waals surface area contributed by atoms with Crippen LogP contribution >= 0.6 is 11.8 Å². The highest BCUT2D eigenvalue weighted by atomic mass is 32.2. The Labute approximate surface area is 130 Å². The van der Waals surface area contributed by atoms with E-state index in [1.807, 2.05) is 17.8 Å². The van der Waals surface area contributed by atoms with Crippen LogP contribution in [0, 0.1) is 0 Å². The highest BCUT2D eigenvalue weighted by molar-refractivity contribution is 7.99. The summed E-state index contributed by atoms with van der Waals surface area (Å²) in [5.41, 5.74) is 8.51. The predicted octanol–water partition coefficient (Wildman–Crippen LogP) is 2.56. The maximum absolute atomic E-state index is 6.22. The summed E-state index contributed by atoms with van der Waals surface area (Å²) in [6.45, 7) is 5.51. The average molecular weight is 304 g/mol. The first-order chi connectivity index (χ1) is 10.2. The molecule has 2 aromatic heterocycles. The molecule has 1 fully saturated rings. The van der Waals surface area contributed by atoms with Crippen LogP contribution < -0.4 is 10.6 Å². The molecular weight excluding hydrogens is 280 g/mol. The van der Waals surface area contributed by atoms with Gasteiger partial charge in [-0.05, 0) is 25.5 Å². The van der Waals surface area contributed by atoms with Crippen LogP contribution in [0.25, 0.3) is 5.65 Å². The number of anilines is 1. The normalized spacial score (nSPS) is 20.9. The second kappa shape index (κ2) is 6.28. The number of hydrogen-bond acceptors (Lipinski definition) is 4. The van der Waals surface area contributed by atoms with Crippen molar-refractivity contribution in [3.05, 3.63) is 30.1 Å². The van der Waals surface area contributed by atoms with Gasteiger partial charge >= 0.3 is 0 Å². The largest absolute Gasteiger partial charge is 0.351 e. The van der Waals surface area contributed by atoms with Gasteiger partial charge in [-0.25, -0.2) is 4.98 Å². The summed E-state index contributed by atoms with van der Waals surface area (Å²) in [4.78, 5) is 7.36. The molecule has 0 saturated carbocycles. The molecular formula is C16H24N4S. The zero-order valence-electron chi connectivity index (χ0n) is 12.8. The Morgan fingerprint density at radius 1 is 1.48 bits per heavy atom. The van der Waals surface area contributed by atoms with Gasteiger partial charge in [0.05, 0.1) is 5.69 Å². The topological polar surface area (TPSA) is 46.6 Å². The van der Waals surface area contributed by atoms with Crippen LogP contribution in [0.4, 0.5) is 5.82 Å². The monoisotopic (exact) mass is 304 g/mol. The molecule has 3 rings (SSSR count). The van der Waals surface area contributed by atoms with Gasteiger partial charge in [0.15, 0.2) is 5.82 Å². The summed E-state index contributed by atoms with van der Waals surface area (Å²) in [6, 6.07) is 6.91. The number of hydrogen-bond donors (Lipinski definition) is 1. The third kappa shape index (κ3) is 2.90. The molecule has 1 aliphatic heterocycles. The first-order valence-corrected chi connectivity index (χ1v) is 8.92. The number of fused-ring (bicyclic) bond motifs is 1. The van der Waals surface area contributed by atoms with Crippen molar-refractivity contribution < 1.29 is 0 Å². The van der Waals surface area contributed by atoms with E-state index in [9.17, 15) is 0 Å². The summed E-state index contributed by atoms with van der Waals surface area (Å²) in [6.07, 6.45) is 3.98. The lowest BCUT2D eigenvalue weighted by Gasteiger charge is -2.34. The van der Waals surface area contributed by atoms with Crippen molar-refractivity contribution >= 4 is 23.2 Å². The summed E-state index contributed by atoms with van der Waals surface area (Å²) in [5, 5.41) is 0. The van der Waals surface area contributed by atoms with Gasteiger partial charge in [0.25, 0.3) is 0 Å². The van der Waals surface area contributed by atoms with Gasteiger partial charge in [-0.2, -0.15) is 11.8 Å². The first kappa shape index (κ1) is 14.7. The summed E-state index contributed by atoms with van der Waals surface area (Å²) in [5.74, 6) is 3.49. The standard InChI is InChI=1S/C16H24N4S/c1-3-13(17)10-14-16(19-8-9-21-11-12(19)2)18-15-6-4-5-7-20(14)15/h4-7,12-13H,3,8-11,17H2,1-2H3. The third-order valence-electron chi connectivity index (χ3n) is 4.23. The minimum absolute atomic E-state index is 0.193. The number of aromatic nitrogens is 2. The van der Waals surface area contributed by atoms with Crippen LogP contribution in [0.2, 0.25) is 0 Å². The fraction of sp³-hybridized carbons (Fsp3) is 0.562. The first-order valence-electron chi connectivity index (χ1n) is 7.76. The van der Waals surface area contributed by atoms with Crippen molar-refractivity contribution in [1.82, 2.24) is 9.38 Å². The molecule has 4 nitrogen and oxygen atoms in total. The molecule has 0 aromatic carbocycles. The van der Waals surface area contributed by atoms with Crippen molar-refractivity contribution in [2.75, 3.05) is 23.0 Å². The van der Waals surface area contributed by atoms with Gasteiger partial charge in [-0.1, -0.05) is 13.0 Å². The second-order valence-electron chi connectivity index (χ2n) is 5.80. The zero-order chi connectivity index (χ0) is 14.8. The Bertz CT molecular complexity index is 609. The Hall–Kier alpha value is -1.20. The second-order valence-corrected chi connectivity index (χ2v) is 6.95. The van der Waals surface area contributed by atoms with Gasteiger partial charge in [0.2, 0.25) is 0 Å². The Kier molecular flexibility index (Phi) is 4.40. The van der Waals surface area contributed by atoms with Crippen molar-refractivity contribution in [2.24, 2.45) is 5.73 Å². The van der Waals surface area contributed by atoms with Crippen LogP contribution in [0.15, 0.2) is 24.4 Å². The lowest BCUT2D eigenvalue weighted by Crippen LogP contribution is -2.41. The number of pyridine rings is 1. The third-order valence-corrected chi connectivity index (χ3v) is 5.42. The molecule has 3 heterocycles. The maximum Gasteiger partial charge on any atom is 0.151 e. The maximum atomic E-state index is 6.22. The van der Waals surface area contributed by atoms with Gasteiger partial charge in [0, 0.05) is 42.8 Å². The molecule has 1 aliphatic rings. The van der Waals surface area contributed by atoms with Crippen LogP contribution in [0.3, 0.4) is 0 Å². The molecule has 0 spiro atoms. The van der Waals surface area contributed by atoms with E-state index in [2.05, 4.69) is 41.5 Å². The van der Waals surface area contributed by atoms with Gasteiger partial charge in [-0.15, -0.1) is 0 Å². The Morgan fingerprint density at radius 3 is 3.10 bits per heavy atom. The lowest BCUT2D eigenvalue weighted by atomic mass is 10.1. The van der Waals surface area contributed by atoms with E-state index in [-0.39, 0.29) is 6.04 Å². The highest BCUT2D eigenvalue weighted by Crippen LogP contribution is 2.28. The molecule has 0 bridgehead atoms. The Morgan fingerprint density at radius 2 is 2.33 bits per heavy atom. The average Bonchev–Trinajstić information content (AvgIpc) is 2.86.